The smallest absolute Gasteiger partial charge is 0.348 e. The molecule has 0 saturated heterocycles. The van der Waals surface area contributed by atoms with Crippen LogP contribution >= 0.6 is 11.3 Å². The monoisotopic (exact) mass is 324 g/mol. The predicted octanol–water partition coefficient (Wildman–Crippen LogP) is 4.37. The highest BCUT2D eigenvalue weighted by molar-refractivity contribution is 7.17. The fourth-order valence-electron chi connectivity index (χ4n) is 2.38. The van der Waals surface area contributed by atoms with Crippen molar-refractivity contribution in [1.82, 2.24) is 4.98 Å². The highest BCUT2D eigenvalue weighted by Gasteiger charge is 2.20. The van der Waals surface area contributed by atoms with Crippen LogP contribution in [0.3, 0.4) is 0 Å². The van der Waals surface area contributed by atoms with Gasteiger partial charge in [0.1, 0.15) is 9.88 Å². The maximum absolute atomic E-state index is 11.6. The van der Waals surface area contributed by atoms with E-state index in [1.54, 1.807) is 6.07 Å². The Morgan fingerprint density at radius 2 is 1.87 bits per heavy atom. The Morgan fingerprint density at radius 3 is 2.52 bits per heavy atom. The summed E-state index contributed by atoms with van der Waals surface area (Å²) >= 11 is 1.19. The van der Waals surface area contributed by atoms with Crippen molar-refractivity contribution in [2.24, 2.45) is 0 Å². The summed E-state index contributed by atoms with van der Waals surface area (Å²) in [6.45, 7) is 3.90. The summed E-state index contributed by atoms with van der Waals surface area (Å²) in [4.78, 5) is 16.4. The molecule has 3 aromatic rings. The van der Waals surface area contributed by atoms with E-state index in [9.17, 15) is 9.90 Å². The standard InChI is InChI=1S/C18H16N2O2S/c1-10-5-3-4-6-13(10)17-20-15(16(23-17)18(21)22)12-8-7-11(2)14(19)9-12/h3-9H,19H2,1-2H3,(H,21,22). The molecule has 3 N–H and O–H groups in total. The molecular weight excluding hydrogens is 308 g/mol. The average Bonchev–Trinajstić information content (AvgIpc) is 2.96. The molecular formula is C18H16N2O2S. The number of anilines is 1. The SMILES string of the molecule is Cc1ccc(-c2nc(-c3ccccc3C)sc2C(=O)O)cc1N. The van der Waals surface area contributed by atoms with Gasteiger partial charge in [-0.15, -0.1) is 11.3 Å². The van der Waals surface area contributed by atoms with E-state index in [0.717, 1.165) is 22.3 Å². The Labute approximate surface area is 138 Å². The minimum atomic E-state index is -0.975. The number of carbonyl (C=O) groups is 1. The summed E-state index contributed by atoms with van der Waals surface area (Å²) in [5.74, 6) is -0.975. The average molecular weight is 324 g/mol. The number of thiazole rings is 1. The molecule has 2 aromatic carbocycles. The van der Waals surface area contributed by atoms with Gasteiger partial charge in [-0.2, -0.15) is 0 Å². The zero-order chi connectivity index (χ0) is 16.6. The van der Waals surface area contributed by atoms with Crippen molar-refractivity contribution in [2.75, 3.05) is 5.73 Å². The zero-order valence-corrected chi connectivity index (χ0v) is 13.6. The summed E-state index contributed by atoms with van der Waals surface area (Å²) in [6, 6.07) is 13.3. The second-order valence-corrected chi connectivity index (χ2v) is 6.39. The van der Waals surface area contributed by atoms with Gasteiger partial charge in [0.2, 0.25) is 0 Å². The maximum Gasteiger partial charge on any atom is 0.348 e. The van der Waals surface area contributed by atoms with Gasteiger partial charge in [-0.05, 0) is 31.0 Å². The van der Waals surface area contributed by atoms with Crippen molar-refractivity contribution in [3.05, 3.63) is 58.5 Å². The fraction of sp³-hybridized carbons (Fsp3) is 0.111. The summed E-state index contributed by atoms with van der Waals surface area (Å²) < 4.78 is 0. The molecule has 0 atom stereocenters. The van der Waals surface area contributed by atoms with Crippen LogP contribution in [0.2, 0.25) is 0 Å². The number of hydrogen-bond acceptors (Lipinski definition) is 4. The number of benzene rings is 2. The van der Waals surface area contributed by atoms with Crippen LogP contribution in [0.4, 0.5) is 5.69 Å². The minimum Gasteiger partial charge on any atom is -0.477 e. The van der Waals surface area contributed by atoms with Gasteiger partial charge in [-0.1, -0.05) is 36.4 Å². The van der Waals surface area contributed by atoms with Crippen LogP contribution in [0.25, 0.3) is 21.8 Å². The lowest BCUT2D eigenvalue weighted by molar-refractivity contribution is 0.0702. The van der Waals surface area contributed by atoms with E-state index in [-0.39, 0.29) is 4.88 Å². The molecule has 0 amide bonds. The molecule has 0 bridgehead atoms. The molecule has 0 aliphatic heterocycles. The van der Waals surface area contributed by atoms with Gasteiger partial charge in [0.05, 0.1) is 5.69 Å². The first kappa shape index (κ1) is 15.2. The number of nitrogen functional groups attached to an aromatic ring is 1. The molecule has 0 fully saturated rings. The van der Waals surface area contributed by atoms with Crippen molar-refractivity contribution >= 4 is 23.0 Å². The minimum absolute atomic E-state index is 0.228. The molecule has 0 saturated carbocycles. The molecule has 116 valence electrons. The highest BCUT2D eigenvalue weighted by Crippen LogP contribution is 2.36. The van der Waals surface area contributed by atoms with E-state index >= 15 is 0 Å². The molecule has 0 radical (unpaired) electrons. The fourth-order valence-corrected chi connectivity index (χ4v) is 3.39. The van der Waals surface area contributed by atoms with E-state index in [2.05, 4.69) is 4.98 Å². The Hall–Kier alpha value is -2.66. The van der Waals surface area contributed by atoms with Crippen molar-refractivity contribution in [1.29, 1.82) is 0 Å². The Balaban J connectivity index is 2.19. The summed E-state index contributed by atoms with van der Waals surface area (Å²) in [5.41, 5.74) is 10.7. The number of rotatable bonds is 3. The second-order valence-electron chi connectivity index (χ2n) is 5.39. The third-order valence-electron chi connectivity index (χ3n) is 3.75. The Bertz CT molecular complexity index is 900. The number of nitrogens with two attached hydrogens (primary N) is 1. The first-order valence-corrected chi connectivity index (χ1v) is 7.95. The van der Waals surface area contributed by atoms with Crippen molar-refractivity contribution < 1.29 is 9.90 Å². The molecule has 3 rings (SSSR count). The molecule has 0 spiro atoms. The van der Waals surface area contributed by atoms with Crippen LogP contribution in [0.15, 0.2) is 42.5 Å². The van der Waals surface area contributed by atoms with Gasteiger partial charge in [0, 0.05) is 16.8 Å². The van der Waals surface area contributed by atoms with Crippen molar-refractivity contribution in [2.45, 2.75) is 13.8 Å². The van der Waals surface area contributed by atoms with Crippen LogP contribution < -0.4 is 5.73 Å². The van der Waals surface area contributed by atoms with Crippen LogP contribution in [0.1, 0.15) is 20.8 Å². The van der Waals surface area contributed by atoms with Crippen molar-refractivity contribution in [3.8, 4) is 21.8 Å². The molecule has 0 aliphatic carbocycles. The third kappa shape index (κ3) is 2.83. The summed E-state index contributed by atoms with van der Waals surface area (Å²) in [7, 11) is 0. The van der Waals surface area contributed by atoms with E-state index in [1.807, 2.05) is 50.2 Å². The van der Waals surface area contributed by atoms with Crippen LogP contribution in [0, 0.1) is 13.8 Å². The lowest BCUT2D eigenvalue weighted by atomic mass is 10.1. The predicted molar refractivity (Wildman–Crippen MR) is 93.8 cm³/mol. The number of aromatic nitrogens is 1. The van der Waals surface area contributed by atoms with E-state index in [1.165, 1.54) is 11.3 Å². The summed E-state index contributed by atoms with van der Waals surface area (Å²) in [6.07, 6.45) is 0. The largest absolute Gasteiger partial charge is 0.477 e. The quantitative estimate of drug-likeness (QED) is 0.701. The number of carboxylic acid groups (broad SMARTS) is 1. The maximum atomic E-state index is 11.6. The second kappa shape index (κ2) is 5.85. The lowest BCUT2D eigenvalue weighted by Crippen LogP contribution is -1.96. The van der Waals surface area contributed by atoms with Crippen molar-refractivity contribution in [3.63, 3.8) is 0 Å². The zero-order valence-electron chi connectivity index (χ0n) is 12.8. The first-order chi connectivity index (χ1) is 11.0. The Kier molecular flexibility index (Phi) is 3.88. The van der Waals surface area contributed by atoms with Crippen LogP contribution in [-0.2, 0) is 0 Å². The van der Waals surface area contributed by atoms with Gasteiger partial charge in [0.15, 0.2) is 0 Å². The van der Waals surface area contributed by atoms with Gasteiger partial charge in [0.25, 0.3) is 0 Å². The number of nitrogens with zero attached hydrogens (tertiary/aromatic N) is 1. The number of hydrogen-bond donors (Lipinski definition) is 2. The molecule has 23 heavy (non-hydrogen) atoms. The number of aryl methyl sites for hydroxylation is 2. The molecule has 1 aromatic heterocycles. The van der Waals surface area contributed by atoms with Gasteiger partial charge in [-0.25, -0.2) is 9.78 Å². The number of aromatic carboxylic acids is 1. The molecule has 5 heteroatoms. The third-order valence-corrected chi connectivity index (χ3v) is 4.83. The van der Waals surface area contributed by atoms with Gasteiger partial charge < -0.3 is 10.8 Å². The lowest BCUT2D eigenvalue weighted by Gasteiger charge is -2.04. The van der Waals surface area contributed by atoms with Gasteiger partial charge in [-0.3, -0.25) is 0 Å². The first-order valence-electron chi connectivity index (χ1n) is 7.14. The normalized spacial score (nSPS) is 10.7. The van der Waals surface area contributed by atoms with Crippen LogP contribution in [-0.4, -0.2) is 16.1 Å². The molecule has 1 heterocycles. The topological polar surface area (TPSA) is 76.2 Å². The Morgan fingerprint density at radius 1 is 1.13 bits per heavy atom. The molecule has 0 aliphatic rings. The molecule has 0 unspecified atom stereocenters. The van der Waals surface area contributed by atoms with Gasteiger partial charge >= 0.3 is 5.97 Å². The highest BCUT2D eigenvalue weighted by atomic mass is 32.1. The van der Waals surface area contributed by atoms with E-state index in [0.29, 0.717) is 16.4 Å². The van der Waals surface area contributed by atoms with E-state index in [4.69, 9.17) is 5.73 Å². The van der Waals surface area contributed by atoms with E-state index < -0.39 is 5.97 Å². The summed E-state index contributed by atoms with van der Waals surface area (Å²) in [5, 5.41) is 10.2. The van der Waals surface area contributed by atoms with Crippen LogP contribution in [0.5, 0.6) is 0 Å². The number of carboxylic acids is 1. The molecule has 4 nitrogen and oxygen atoms in total.